The Kier molecular flexibility index (Phi) is 4.22. The summed E-state index contributed by atoms with van der Waals surface area (Å²) in [5.41, 5.74) is 9.17. The molecule has 124 valence electrons. The molecule has 0 aromatic carbocycles. The fourth-order valence-electron chi connectivity index (χ4n) is 2.67. The van der Waals surface area contributed by atoms with Gasteiger partial charge in [-0.25, -0.2) is 15.0 Å². The molecule has 1 aliphatic rings. The number of carbonyl (C=O) groups is 2. The zero-order valence-electron chi connectivity index (χ0n) is 12.2. The minimum atomic E-state index is -1.03. The lowest BCUT2D eigenvalue weighted by Crippen LogP contribution is -2.26. The average molecular weight is 332 g/mol. The van der Waals surface area contributed by atoms with Crippen molar-refractivity contribution >= 4 is 29.4 Å². The lowest BCUT2D eigenvalue weighted by molar-refractivity contribution is -0.143. The maximum atomic E-state index is 11.4. The van der Waals surface area contributed by atoms with E-state index in [1.165, 1.54) is 12.7 Å². The highest BCUT2D eigenvalue weighted by atomic mass is 16.5. The van der Waals surface area contributed by atoms with Crippen molar-refractivity contribution in [3.8, 4) is 0 Å². The largest absolute Gasteiger partial charge is 0.481 e. The Morgan fingerprint density at radius 1 is 1.58 bits per heavy atom. The lowest BCUT2D eigenvalue weighted by Gasteiger charge is -2.14. The molecule has 3 rings (SSSR count). The number of rotatable bonds is 6. The Morgan fingerprint density at radius 2 is 2.42 bits per heavy atom. The van der Waals surface area contributed by atoms with E-state index in [0.29, 0.717) is 17.6 Å². The van der Waals surface area contributed by atoms with Gasteiger partial charge in [0.15, 0.2) is 17.0 Å². The van der Waals surface area contributed by atoms with Gasteiger partial charge in [0.05, 0.1) is 24.9 Å². The molecule has 0 bridgehead atoms. The van der Waals surface area contributed by atoms with Crippen LogP contribution in [0.2, 0.25) is 0 Å². The molecule has 3 atom stereocenters. The quantitative estimate of drug-likeness (QED) is 0.339. The van der Waals surface area contributed by atoms with Gasteiger partial charge in [-0.05, 0) is 5.53 Å². The second kappa shape index (κ2) is 6.48. The van der Waals surface area contributed by atoms with E-state index in [1.807, 2.05) is 0 Å². The third-order valence-electron chi connectivity index (χ3n) is 3.74. The fourth-order valence-corrected chi connectivity index (χ4v) is 2.67. The number of azide groups is 1. The van der Waals surface area contributed by atoms with Crippen molar-refractivity contribution in [2.75, 3.05) is 11.9 Å². The SMILES string of the molecule is [N-]=[N+]=NC[C@@H]1O[C@@H](n2cnc3c(NC=O)ncnc32)C[C@@H]1C(=O)O. The first-order chi connectivity index (χ1) is 11.7. The van der Waals surface area contributed by atoms with Crippen molar-refractivity contribution < 1.29 is 19.4 Å². The number of hydrogen-bond acceptors (Lipinski definition) is 7. The van der Waals surface area contributed by atoms with Crippen LogP contribution >= 0.6 is 0 Å². The number of aliphatic carboxylic acids is 1. The molecule has 1 aliphatic heterocycles. The Morgan fingerprint density at radius 3 is 3.12 bits per heavy atom. The van der Waals surface area contributed by atoms with Gasteiger partial charge in [0.25, 0.3) is 0 Å². The van der Waals surface area contributed by atoms with E-state index in [1.54, 1.807) is 4.57 Å². The van der Waals surface area contributed by atoms with E-state index in [4.69, 9.17) is 10.3 Å². The lowest BCUT2D eigenvalue weighted by atomic mass is 10.0. The molecule has 0 unspecified atom stereocenters. The summed E-state index contributed by atoms with van der Waals surface area (Å²) in [7, 11) is 0. The number of carboxylic acid groups (broad SMARTS) is 1. The Hall–Kier alpha value is -3.24. The van der Waals surface area contributed by atoms with Crippen molar-refractivity contribution in [3.05, 3.63) is 23.1 Å². The van der Waals surface area contributed by atoms with Crippen LogP contribution in [0.1, 0.15) is 12.6 Å². The molecule has 24 heavy (non-hydrogen) atoms. The van der Waals surface area contributed by atoms with Crippen LogP contribution in [0.15, 0.2) is 17.8 Å². The number of aromatic nitrogens is 4. The smallest absolute Gasteiger partial charge is 0.309 e. The van der Waals surface area contributed by atoms with Gasteiger partial charge >= 0.3 is 5.97 Å². The second-order valence-electron chi connectivity index (χ2n) is 5.03. The third-order valence-corrected chi connectivity index (χ3v) is 3.74. The molecule has 3 heterocycles. The van der Waals surface area contributed by atoms with E-state index in [2.05, 4.69) is 30.3 Å². The molecular formula is C12H12N8O4. The van der Waals surface area contributed by atoms with Crippen molar-refractivity contribution in [2.24, 2.45) is 11.0 Å². The van der Waals surface area contributed by atoms with E-state index >= 15 is 0 Å². The van der Waals surface area contributed by atoms with E-state index in [-0.39, 0.29) is 18.8 Å². The zero-order valence-corrected chi connectivity index (χ0v) is 12.2. The Bertz CT molecular complexity index is 830. The van der Waals surface area contributed by atoms with Crippen molar-refractivity contribution in [1.29, 1.82) is 0 Å². The number of fused-ring (bicyclic) bond motifs is 1. The number of carboxylic acids is 1. The van der Waals surface area contributed by atoms with Crippen LogP contribution in [0.25, 0.3) is 21.6 Å². The Labute approximate surface area is 134 Å². The van der Waals surface area contributed by atoms with Gasteiger partial charge in [0, 0.05) is 11.3 Å². The number of nitrogens with zero attached hydrogens (tertiary/aromatic N) is 7. The number of ether oxygens (including phenoxy) is 1. The molecule has 0 aliphatic carbocycles. The van der Waals surface area contributed by atoms with Crippen molar-refractivity contribution in [3.63, 3.8) is 0 Å². The summed E-state index contributed by atoms with van der Waals surface area (Å²) in [4.78, 5) is 36.8. The van der Waals surface area contributed by atoms with Gasteiger partial charge in [-0.3, -0.25) is 14.2 Å². The monoisotopic (exact) mass is 332 g/mol. The van der Waals surface area contributed by atoms with Crippen LogP contribution in [-0.2, 0) is 14.3 Å². The highest BCUT2D eigenvalue weighted by molar-refractivity contribution is 5.88. The minimum Gasteiger partial charge on any atom is -0.481 e. The van der Waals surface area contributed by atoms with Gasteiger partial charge in [-0.2, -0.15) is 0 Å². The van der Waals surface area contributed by atoms with Gasteiger partial charge in [-0.15, -0.1) is 0 Å². The van der Waals surface area contributed by atoms with Gasteiger partial charge < -0.3 is 15.2 Å². The summed E-state index contributed by atoms with van der Waals surface area (Å²) in [6.07, 6.45) is 1.97. The van der Waals surface area contributed by atoms with Crippen LogP contribution in [0.5, 0.6) is 0 Å². The molecule has 0 radical (unpaired) electrons. The molecule has 0 spiro atoms. The summed E-state index contributed by atoms with van der Waals surface area (Å²) < 4.78 is 7.29. The van der Waals surface area contributed by atoms with Gasteiger partial charge in [0.2, 0.25) is 6.41 Å². The predicted molar refractivity (Wildman–Crippen MR) is 78.7 cm³/mol. The highest BCUT2D eigenvalue weighted by Crippen LogP contribution is 2.35. The third kappa shape index (κ3) is 2.71. The molecule has 1 fully saturated rings. The maximum Gasteiger partial charge on any atom is 0.309 e. The number of hydrogen-bond donors (Lipinski definition) is 2. The number of imidazole rings is 1. The summed E-state index contributed by atoms with van der Waals surface area (Å²) in [6.45, 7) is -0.0798. The molecule has 2 aromatic rings. The number of carbonyl (C=O) groups excluding carboxylic acids is 1. The molecule has 12 nitrogen and oxygen atoms in total. The molecular weight excluding hydrogens is 320 g/mol. The summed E-state index contributed by atoms with van der Waals surface area (Å²) in [6, 6.07) is 0. The van der Waals surface area contributed by atoms with Crippen LogP contribution in [0.3, 0.4) is 0 Å². The van der Waals surface area contributed by atoms with E-state index in [0.717, 1.165) is 0 Å². The number of nitrogens with one attached hydrogen (secondary N) is 1. The standard InChI is InChI=1S/C12H12N8O4/c13-19-18-2-7-6(12(22)23)1-8(24-7)20-4-16-9-10(17-5-21)14-3-15-11(9)20/h3-8H,1-2H2,(H,22,23)(H,14,15,17,21)/t6-,7-,8+/m0/s1. The molecule has 0 saturated carbocycles. The Balaban J connectivity index is 1.93. The first-order valence-corrected chi connectivity index (χ1v) is 6.92. The van der Waals surface area contributed by atoms with Crippen LogP contribution in [0, 0.1) is 5.92 Å². The van der Waals surface area contributed by atoms with Crippen LogP contribution < -0.4 is 5.32 Å². The van der Waals surface area contributed by atoms with Crippen molar-refractivity contribution in [1.82, 2.24) is 19.5 Å². The molecule has 12 heteroatoms. The first kappa shape index (κ1) is 15.6. The van der Waals surface area contributed by atoms with Gasteiger partial charge in [-0.1, -0.05) is 5.11 Å². The van der Waals surface area contributed by atoms with Crippen LogP contribution in [-0.4, -0.2) is 49.7 Å². The van der Waals surface area contributed by atoms with Gasteiger partial charge in [0.1, 0.15) is 12.6 Å². The normalized spacial score (nSPS) is 22.9. The molecule has 1 saturated heterocycles. The highest BCUT2D eigenvalue weighted by Gasteiger charge is 2.40. The van der Waals surface area contributed by atoms with Crippen molar-refractivity contribution in [2.45, 2.75) is 18.8 Å². The average Bonchev–Trinajstić information content (AvgIpc) is 3.17. The number of amides is 1. The molecule has 2 aromatic heterocycles. The number of anilines is 1. The predicted octanol–water partition coefficient (Wildman–Crippen LogP) is 0.693. The molecule has 1 amide bonds. The van der Waals surface area contributed by atoms with Crippen LogP contribution in [0.4, 0.5) is 5.82 Å². The zero-order chi connectivity index (χ0) is 17.1. The maximum absolute atomic E-state index is 11.4. The fraction of sp³-hybridized carbons (Fsp3) is 0.417. The van der Waals surface area contributed by atoms with E-state index < -0.39 is 24.2 Å². The minimum absolute atomic E-state index is 0.0798. The first-order valence-electron chi connectivity index (χ1n) is 6.92. The topological polar surface area (TPSA) is 168 Å². The summed E-state index contributed by atoms with van der Waals surface area (Å²) in [5.74, 6) is -1.60. The summed E-state index contributed by atoms with van der Waals surface area (Å²) >= 11 is 0. The second-order valence-corrected chi connectivity index (χ2v) is 5.03. The molecule has 2 N–H and O–H groups in total. The van der Waals surface area contributed by atoms with E-state index in [9.17, 15) is 14.7 Å². The summed E-state index contributed by atoms with van der Waals surface area (Å²) in [5, 5.41) is 15.1.